The number of hydrogen-bond donors (Lipinski definition) is 1. The zero-order chi connectivity index (χ0) is 25.0. The Kier molecular flexibility index (Phi) is 6.59. The summed E-state index contributed by atoms with van der Waals surface area (Å²) in [5.74, 6) is -4.16. The van der Waals surface area contributed by atoms with E-state index in [1.807, 2.05) is 0 Å². The molecule has 3 aromatic rings. The minimum absolute atomic E-state index is 0.0650. The number of carbonyl (C=O) groups excluding carboxylic acids is 4. The third-order valence-electron chi connectivity index (χ3n) is 5.84. The first-order chi connectivity index (χ1) is 16.9. The van der Waals surface area contributed by atoms with E-state index in [1.165, 1.54) is 0 Å². The lowest BCUT2D eigenvalue weighted by atomic mass is 9.81. The lowest BCUT2D eigenvalue weighted by molar-refractivity contribution is -0.148. The van der Waals surface area contributed by atoms with E-state index in [9.17, 15) is 24.3 Å². The zero-order valence-electron chi connectivity index (χ0n) is 19.0. The van der Waals surface area contributed by atoms with Gasteiger partial charge in [-0.2, -0.15) is 0 Å². The predicted octanol–water partition coefficient (Wildman–Crippen LogP) is 4.15. The van der Waals surface area contributed by atoms with Crippen molar-refractivity contribution >= 4 is 34.9 Å². The standard InChI is InChI=1S/C28H23NO6/c1-2-35-27(34)28(18-22(30)19-12-6-3-7-13-19)23(24(31)20-14-8-4-9-15-20)25(32)26(33)29(28)21-16-10-5-11-17-21/h3-17,31H,2,18H2,1H3/b24-23-/t28-/m1/s1. The summed E-state index contributed by atoms with van der Waals surface area (Å²) in [5, 5.41) is 11.3. The fourth-order valence-electron chi connectivity index (χ4n) is 4.28. The van der Waals surface area contributed by atoms with Crippen LogP contribution in [0.4, 0.5) is 5.69 Å². The van der Waals surface area contributed by atoms with Crippen LogP contribution in [0.2, 0.25) is 0 Å². The molecule has 0 bridgehead atoms. The van der Waals surface area contributed by atoms with E-state index in [-0.39, 0.29) is 23.4 Å². The van der Waals surface area contributed by atoms with E-state index < -0.39 is 46.7 Å². The van der Waals surface area contributed by atoms with Gasteiger partial charge in [-0.05, 0) is 19.1 Å². The molecule has 1 atom stereocenters. The number of Topliss-reactive ketones (excluding diaryl/α,β-unsaturated/α-hetero) is 2. The molecule has 1 heterocycles. The summed E-state index contributed by atoms with van der Waals surface area (Å²) >= 11 is 0. The normalized spacial score (nSPS) is 18.9. The van der Waals surface area contributed by atoms with Crippen LogP contribution in [-0.4, -0.2) is 40.7 Å². The van der Waals surface area contributed by atoms with Gasteiger partial charge >= 0.3 is 11.9 Å². The molecule has 1 amide bonds. The lowest BCUT2D eigenvalue weighted by Gasteiger charge is -2.36. The smallest absolute Gasteiger partial charge is 0.337 e. The van der Waals surface area contributed by atoms with Gasteiger partial charge in [0.15, 0.2) is 11.3 Å². The van der Waals surface area contributed by atoms with Crippen molar-refractivity contribution in [2.45, 2.75) is 18.9 Å². The van der Waals surface area contributed by atoms with Gasteiger partial charge < -0.3 is 9.84 Å². The number of esters is 1. The number of anilines is 1. The molecule has 0 saturated carbocycles. The SMILES string of the molecule is CCOC(=O)[C@@]1(CC(=O)c2ccccc2)/C(=C(\O)c2ccccc2)C(=O)C(=O)N1c1ccccc1. The van der Waals surface area contributed by atoms with Crippen LogP contribution in [0.5, 0.6) is 0 Å². The zero-order valence-corrected chi connectivity index (χ0v) is 19.0. The van der Waals surface area contributed by atoms with E-state index in [0.29, 0.717) is 0 Å². The highest BCUT2D eigenvalue weighted by Crippen LogP contribution is 2.44. The van der Waals surface area contributed by atoms with E-state index in [1.54, 1.807) is 97.9 Å². The maximum absolute atomic E-state index is 13.7. The number of ether oxygens (including phenoxy) is 1. The van der Waals surface area contributed by atoms with Crippen molar-refractivity contribution in [2.75, 3.05) is 11.5 Å². The molecule has 1 fully saturated rings. The fourth-order valence-corrected chi connectivity index (χ4v) is 4.28. The van der Waals surface area contributed by atoms with Crippen LogP contribution in [0.15, 0.2) is 96.6 Å². The van der Waals surface area contributed by atoms with Gasteiger partial charge in [-0.1, -0.05) is 78.9 Å². The summed E-state index contributed by atoms with van der Waals surface area (Å²) in [4.78, 5) is 54.9. The number of carbonyl (C=O) groups is 4. The molecular formula is C28H23NO6. The maximum atomic E-state index is 13.7. The number of nitrogens with zero attached hydrogens (tertiary/aromatic N) is 1. The quantitative estimate of drug-likeness (QED) is 0.183. The van der Waals surface area contributed by atoms with Crippen LogP contribution < -0.4 is 4.90 Å². The van der Waals surface area contributed by atoms with Crippen molar-refractivity contribution in [1.29, 1.82) is 0 Å². The lowest BCUT2D eigenvalue weighted by Crippen LogP contribution is -2.55. The number of benzene rings is 3. The Morgan fingerprint density at radius 3 is 1.89 bits per heavy atom. The van der Waals surface area contributed by atoms with Crippen molar-refractivity contribution in [1.82, 2.24) is 0 Å². The van der Waals surface area contributed by atoms with Gasteiger partial charge in [0.25, 0.3) is 5.78 Å². The third kappa shape index (κ3) is 4.12. The second-order valence-corrected chi connectivity index (χ2v) is 7.94. The van der Waals surface area contributed by atoms with E-state index >= 15 is 0 Å². The summed E-state index contributed by atoms with van der Waals surface area (Å²) in [6.45, 7) is 1.51. The Bertz CT molecular complexity index is 1300. The summed E-state index contributed by atoms with van der Waals surface area (Å²) in [7, 11) is 0. The van der Waals surface area contributed by atoms with Crippen LogP contribution in [0.1, 0.15) is 29.3 Å². The molecule has 0 radical (unpaired) electrons. The number of rotatable bonds is 7. The largest absolute Gasteiger partial charge is 0.507 e. The Morgan fingerprint density at radius 1 is 0.829 bits per heavy atom. The Hall–Kier alpha value is -4.52. The third-order valence-corrected chi connectivity index (χ3v) is 5.84. The second kappa shape index (κ2) is 9.77. The van der Waals surface area contributed by atoms with Gasteiger partial charge in [-0.3, -0.25) is 19.3 Å². The molecule has 35 heavy (non-hydrogen) atoms. The van der Waals surface area contributed by atoms with Crippen LogP contribution in [0, 0.1) is 0 Å². The molecule has 3 aromatic carbocycles. The molecule has 1 N–H and O–H groups in total. The van der Waals surface area contributed by atoms with Gasteiger partial charge in [0, 0.05) is 16.8 Å². The van der Waals surface area contributed by atoms with E-state index in [4.69, 9.17) is 4.74 Å². The summed E-state index contributed by atoms with van der Waals surface area (Å²) in [6, 6.07) is 24.4. The fraction of sp³-hybridized carbons (Fsp3) is 0.143. The minimum atomic E-state index is -2.21. The van der Waals surface area contributed by atoms with Crippen molar-refractivity contribution in [3.05, 3.63) is 108 Å². The highest BCUT2D eigenvalue weighted by atomic mass is 16.5. The molecule has 7 heteroatoms. The molecule has 176 valence electrons. The Balaban J connectivity index is 2.03. The summed E-state index contributed by atoms with van der Waals surface area (Å²) in [5.41, 5.74) is -1.97. The predicted molar refractivity (Wildman–Crippen MR) is 130 cm³/mol. The van der Waals surface area contributed by atoms with Crippen molar-refractivity contribution in [3.63, 3.8) is 0 Å². The molecule has 1 aliphatic heterocycles. The maximum Gasteiger partial charge on any atom is 0.337 e. The number of aliphatic hydroxyl groups excluding tert-OH is 1. The number of para-hydroxylation sites is 1. The first-order valence-corrected chi connectivity index (χ1v) is 11.1. The molecule has 0 aliphatic carbocycles. The average molecular weight is 469 g/mol. The van der Waals surface area contributed by atoms with Crippen molar-refractivity contribution in [2.24, 2.45) is 0 Å². The molecule has 0 aromatic heterocycles. The van der Waals surface area contributed by atoms with Gasteiger partial charge in [0.2, 0.25) is 0 Å². The summed E-state index contributed by atoms with van der Waals surface area (Å²) < 4.78 is 5.35. The van der Waals surface area contributed by atoms with E-state index in [0.717, 1.165) is 4.90 Å². The highest BCUT2D eigenvalue weighted by molar-refractivity contribution is 6.54. The second-order valence-electron chi connectivity index (χ2n) is 7.94. The number of ketones is 2. The molecular weight excluding hydrogens is 446 g/mol. The average Bonchev–Trinajstić information content (AvgIpc) is 3.12. The van der Waals surface area contributed by atoms with Crippen molar-refractivity contribution in [3.8, 4) is 0 Å². The van der Waals surface area contributed by atoms with Crippen molar-refractivity contribution < 1.29 is 29.0 Å². The van der Waals surface area contributed by atoms with Gasteiger partial charge in [0.05, 0.1) is 18.6 Å². The van der Waals surface area contributed by atoms with Crippen LogP contribution in [0.25, 0.3) is 5.76 Å². The highest BCUT2D eigenvalue weighted by Gasteiger charge is 2.63. The van der Waals surface area contributed by atoms with Crippen LogP contribution >= 0.6 is 0 Å². The monoisotopic (exact) mass is 469 g/mol. The number of amides is 1. The van der Waals surface area contributed by atoms with Gasteiger partial charge in [-0.25, -0.2) is 4.79 Å². The molecule has 4 rings (SSSR count). The van der Waals surface area contributed by atoms with Crippen LogP contribution in [-0.2, 0) is 19.1 Å². The molecule has 1 saturated heterocycles. The number of aliphatic hydroxyl groups is 1. The Morgan fingerprint density at radius 2 is 1.34 bits per heavy atom. The van der Waals surface area contributed by atoms with Gasteiger partial charge in [-0.15, -0.1) is 0 Å². The van der Waals surface area contributed by atoms with Crippen LogP contribution in [0.3, 0.4) is 0 Å². The summed E-state index contributed by atoms with van der Waals surface area (Å²) in [6.07, 6.45) is -0.603. The number of hydrogen-bond acceptors (Lipinski definition) is 6. The first kappa shape index (κ1) is 23.6. The molecule has 0 spiro atoms. The van der Waals surface area contributed by atoms with Gasteiger partial charge in [0.1, 0.15) is 5.76 Å². The Labute approximate surface area is 202 Å². The van der Waals surface area contributed by atoms with E-state index in [2.05, 4.69) is 0 Å². The topological polar surface area (TPSA) is 101 Å². The minimum Gasteiger partial charge on any atom is -0.507 e. The molecule has 7 nitrogen and oxygen atoms in total. The first-order valence-electron chi connectivity index (χ1n) is 11.1. The molecule has 0 unspecified atom stereocenters. The molecule has 1 aliphatic rings.